The van der Waals surface area contributed by atoms with Crippen molar-refractivity contribution in [3.63, 3.8) is 0 Å². The third kappa shape index (κ3) is 4.08. The summed E-state index contributed by atoms with van der Waals surface area (Å²) in [5.74, 6) is -0.724. The molecule has 0 aliphatic heterocycles. The van der Waals surface area contributed by atoms with E-state index in [0.29, 0.717) is 9.90 Å². The molecule has 104 valence electrons. The number of thiophene rings is 1. The second-order valence-electron chi connectivity index (χ2n) is 3.84. The van der Waals surface area contributed by atoms with E-state index in [1.54, 1.807) is 13.0 Å². The van der Waals surface area contributed by atoms with E-state index in [9.17, 15) is 9.59 Å². The van der Waals surface area contributed by atoms with Crippen LogP contribution in [0.25, 0.3) is 0 Å². The van der Waals surface area contributed by atoms with Crippen LogP contribution < -0.4 is 0 Å². The first-order valence-corrected chi connectivity index (χ1v) is 7.06. The molecule has 4 nitrogen and oxygen atoms in total. The summed E-state index contributed by atoms with van der Waals surface area (Å²) >= 11 is 7.34. The van der Waals surface area contributed by atoms with Crippen molar-refractivity contribution in [2.75, 3.05) is 19.7 Å². The molecule has 0 aromatic carbocycles. The second-order valence-corrected chi connectivity index (χ2v) is 5.10. The number of amides is 1. The van der Waals surface area contributed by atoms with Gasteiger partial charge in [-0.1, -0.05) is 17.7 Å². The Hall–Kier alpha value is -1.33. The maximum absolute atomic E-state index is 12.3. The first-order chi connectivity index (χ1) is 9.01. The highest BCUT2D eigenvalue weighted by Gasteiger charge is 2.22. The number of esters is 1. The Morgan fingerprint density at radius 2 is 2.26 bits per heavy atom. The van der Waals surface area contributed by atoms with Crippen molar-refractivity contribution in [1.82, 2.24) is 4.90 Å². The Kier molecular flexibility index (Phi) is 6.05. The lowest BCUT2D eigenvalue weighted by Gasteiger charge is -2.19. The van der Waals surface area contributed by atoms with Crippen molar-refractivity contribution in [3.8, 4) is 0 Å². The van der Waals surface area contributed by atoms with E-state index in [2.05, 4.69) is 6.58 Å². The first kappa shape index (κ1) is 15.7. The van der Waals surface area contributed by atoms with Gasteiger partial charge in [0.2, 0.25) is 0 Å². The summed E-state index contributed by atoms with van der Waals surface area (Å²) in [5, 5.41) is 2.25. The number of hydrogen-bond acceptors (Lipinski definition) is 4. The number of halogens is 1. The van der Waals surface area contributed by atoms with Crippen LogP contribution in [0.3, 0.4) is 0 Å². The molecule has 0 unspecified atom stereocenters. The molecule has 19 heavy (non-hydrogen) atoms. The van der Waals surface area contributed by atoms with Crippen LogP contribution >= 0.6 is 22.9 Å². The molecule has 1 amide bonds. The maximum atomic E-state index is 12.3. The minimum Gasteiger partial charge on any atom is -0.465 e. The lowest BCUT2D eigenvalue weighted by molar-refractivity contribution is -0.143. The Balaban J connectivity index is 2.86. The van der Waals surface area contributed by atoms with Crippen LogP contribution in [0.1, 0.15) is 22.2 Å². The molecule has 0 N–H and O–H groups in total. The van der Waals surface area contributed by atoms with Gasteiger partial charge in [0.1, 0.15) is 11.4 Å². The maximum Gasteiger partial charge on any atom is 0.325 e. The SMILES string of the molecule is C=CCN(CC(=O)OCC)C(=O)c1scc(C)c1Cl. The van der Waals surface area contributed by atoms with Crippen LogP contribution in [-0.2, 0) is 9.53 Å². The lowest BCUT2D eigenvalue weighted by Crippen LogP contribution is -2.36. The van der Waals surface area contributed by atoms with Crippen molar-refractivity contribution >= 4 is 34.8 Å². The van der Waals surface area contributed by atoms with Crippen molar-refractivity contribution in [3.05, 3.63) is 33.5 Å². The van der Waals surface area contributed by atoms with Crippen LogP contribution in [0.15, 0.2) is 18.0 Å². The van der Waals surface area contributed by atoms with Gasteiger partial charge in [-0.2, -0.15) is 0 Å². The van der Waals surface area contributed by atoms with Gasteiger partial charge in [-0.25, -0.2) is 0 Å². The average Bonchev–Trinajstić information content (AvgIpc) is 2.69. The van der Waals surface area contributed by atoms with E-state index in [0.717, 1.165) is 5.56 Å². The highest BCUT2D eigenvalue weighted by atomic mass is 35.5. The molecule has 0 fully saturated rings. The molecule has 1 aromatic rings. The molecule has 6 heteroatoms. The summed E-state index contributed by atoms with van der Waals surface area (Å²) in [6.07, 6.45) is 1.56. The van der Waals surface area contributed by atoms with E-state index in [1.165, 1.54) is 16.2 Å². The largest absolute Gasteiger partial charge is 0.465 e. The first-order valence-electron chi connectivity index (χ1n) is 5.80. The van der Waals surface area contributed by atoms with Crippen molar-refractivity contribution in [2.45, 2.75) is 13.8 Å². The van der Waals surface area contributed by atoms with Gasteiger partial charge in [-0.05, 0) is 24.8 Å². The van der Waals surface area contributed by atoms with E-state index < -0.39 is 5.97 Å². The normalized spacial score (nSPS) is 10.1. The molecular weight excluding hydrogens is 286 g/mol. The van der Waals surface area contributed by atoms with Crippen LogP contribution in [0.5, 0.6) is 0 Å². The number of nitrogens with zero attached hydrogens (tertiary/aromatic N) is 1. The predicted octanol–water partition coefficient (Wildman–Crippen LogP) is 2.90. The van der Waals surface area contributed by atoms with Gasteiger partial charge in [0.05, 0.1) is 11.6 Å². The second kappa shape index (κ2) is 7.31. The fraction of sp³-hybridized carbons (Fsp3) is 0.385. The van der Waals surface area contributed by atoms with Crippen molar-refractivity contribution in [2.24, 2.45) is 0 Å². The van der Waals surface area contributed by atoms with E-state index in [1.807, 2.05) is 12.3 Å². The zero-order valence-corrected chi connectivity index (χ0v) is 12.5. The molecule has 0 radical (unpaired) electrons. The quantitative estimate of drug-likeness (QED) is 0.599. The number of ether oxygens (including phenoxy) is 1. The molecule has 1 aromatic heterocycles. The van der Waals surface area contributed by atoms with Gasteiger partial charge in [-0.3, -0.25) is 9.59 Å². The predicted molar refractivity (Wildman–Crippen MR) is 76.8 cm³/mol. The number of carbonyl (C=O) groups excluding carboxylic acids is 2. The van der Waals surface area contributed by atoms with E-state index in [-0.39, 0.29) is 25.6 Å². The van der Waals surface area contributed by atoms with E-state index in [4.69, 9.17) is 16.3 Å². The summed E-state index contributed by atoms with van der Waals surface area (Å²) in [5.41, 5.74) is 0.852. The summed E-state index contributed by atoms with van der Waals surface area (Å²) < 4.78 is 4.84. The van der Waals surface area contributed by atoms with Gasteiger partial charge >= 0.3 is 5.97 Å². The highest BCUT2D eigenvalue weighted by Crippen LogP contribution is 2.28. The number of aryl methyl sites for hydroxylation is 1. The summed E-state index contributed by atoms with van der Waals surface area (Å²) in [6.45, 7) is 7.58. The van der Waals surface area contributed by atoms with E-state index >= 15 is 0 Å². The molecule has 0 saturated heterocycles. The van der Waals surface area contributed by atoms with Crippen molar-refractivity contribution < 1.29 is 14.3 Å². The smallest absolute Gasteiger partial charge is 0.325 e. The summed E-state index contributed by atoms with van der Waals surface area (Å²) in [4.78, 5) is 25.6. The standard InChI is InChI=1S/C13H16ClNO3S/c1-4-6-15(7-10(16)18-5-2)13(17)12-11(14)9(3)8-19-12/h4,8H,1,5-7H2,2-3H3. The molecule has 0 aliphatic carbocycles. The number of hydrogen-bond donors (Lipinski definition) is 0. The minimum absolute atomic E-state index is 0.105. The fourth-order valence-electron chi connectivity index (χ4n) is 1.46. The third-order valence-corrected chi connectivity index (χ3v) is 4.04. The van der Waals surface area contributed by atoms with Gasteiger partial charge in [0.25, 0.3) is 5.91 Å². The Labute approximate surface area is 121 Å². The molecular formula is C13H16ClNO3S. The number of carbonyl (C=O) groups is 2. The monoisotopic (exact) mass is 301 g/mol. The third-order valence-electron chi connectivity index (χ3n) is 2.36. The fourth-order valence-corrected chi connectivity index (χ4v) is 2.70. The average molecular weight is 302 g/mol. The van der Waals surface area contributed by atoms with Crippen LogP contribution in [-0.4, -0.2) is 36.5 Å². The highest BCUT2D eigenvalue weighted by molar-refractivity contribution is 7.13. The van der Waals surface area contributed by atoms with Crippen LogP contribution in [0.4, 0.5) is 0 Å². The number of rotatable bonds is 6. The molecule has 1 rings (SSSR count). The molecule has 0 saturated carbocycles. The summed E-state index contributed by atoms with van der Waals surface area (Å²) in [6, 6.07) is 0. The van der Waals surface area contributed by atoms with Gasteiger partial charge in [0, 0.05) is 6.54 Å². The zero-order chi connectivity index (χ0) is 14.4. The minimum atomic E-state index is -0.442. The van der Waals surface area contributed by atoms with Crippen LogP contribution in [0.2, 0.25) is 5.02 Å². The molecule has 0 bridgehead atoms. The zero-order valence-electron chi connectivity index (χ0n) is 10.9. The summed E-state index contributed by atoms with van der Waals surface area (Å²) in [7, 11) is 0. The van der Waals surface area contributed by atoms with Crippen molar-refractivity contribution in [1.29, 1.82) is 0 Å². The molecule has 0 spiro atoms. The lowest BCUT2D eigenvalue weighted by atomic mass is 10.3. The Morgan fingerprint density at radius 1 is 1.58 bits per heavy atom. The Bertz CT molecular complexity index is 484. The molecule has 1 heterocycles. The topological polar surface area (TPSA) is 46.6 Å². The Morgan fingerprint density at radius 3 is 2.74 bits per heavy atom. The van der Waals surface area contributed by atoms with Crippen LogP contribution in [0, 0.1) is 6.92 Å². The molecule has 0 atom stereocenters. The van der Waals surface area contributed by atoms with Gasteiger partial charge in [0.15, 0.2) is 0 Å². The van der Waals surface area contributed by atoms with Gasteiger partial charge < -0.3 is 9.64 Å². The van der Waals surface area contributed by atoms with Gasteiger partial charge in [-0.15, -0.1) is 17.9 Å². The molecule has 0 aliphatic rings.